The minimum atomic E-state index is -0.128. The Bertz CT molecular complexity index is 1640. The third-order valence-electron chi connectivity index (χ3n) is 21.7. The standard InChI is InChI=1S/8C10H18O/c8*1-7(2)9-5-4-8(3)6-10(9)11/h8*8-11H,1,4-6H2,2-3H3/t2*8-,9+,10+;2*8-,9+,10-;2*8-,9-,10+;2*8-,9-,10-/m10101010/s1. The van der Waals surface area contributed by atoms with Gasteiger partial charge in [0.2, 0.25) is 0 Å². The Balaban J connectivity index is 0.000000503. The van der Waals surface area contributed by atoms with Gasteiger partial charge in [-0.05, 0) is 257 Å². The molecule has 8 saturated carbocycles. The zero-order valence-corrected chi connectivity index (χ0v) is 60.1. The van der Waals surface area contributed by atoms with Crippen molar-refractivity contribution in [3.8, 4) is 0 Å². The number of rotatable bonds is 8. The van der Waals surface area contributed by atoms with Gasteiger partial charge in [-0.1, -0.05) is 153 Å². The molecule has 0 amide bonds. The lowest BCUT2D eigenvalue weighted by atomic mass is 9.78. The maximum absolute atomic E-state index is 9.65. The second-order valence-corrected chi connectivity index (χ2v) is 31.5. The van der Waals surface area contributed by atoms with Gasteiger partial charge in [0.15, 0.2) is 0 Å². The summed E-state index contributed by atoms with van der Waals surface area (Å²) in [5.41, 5.74) is 9.14. The van der Waals surface area contributed by atoms with E-state index in [1.54, 1.807) is 0 Å². The normalized spacial score (nSPS) is 38.6. The van der Waals surface area contributed by atoms with Crippen molar-refractivity contribution in [2.75, 3.05) is 0 Å². The zero-order valence-electron chi connectivity index (χ0n) is 60.1. The molecule has 8 rings (SSSR count). The van der Waals surface area contributed by atoms with E-state index in [9.17, 15) is 40.9 Å². The van der Waals surface area contributed by atoms with Crippen molar-refractivity contribution in [3.05, 3.63) is 97.2 Å². The third kappa shape index (κ3) is 32.0. The summed E-state index contributed by atoms with van der Waals surface area (Å²) in [5, 5.41) is 77.2. The molecule has 0 heterocycles. The molecule has 0 aromatic carbocycles. The van der Waals surface area contributed by atoms with Gasteiger partial charge >= 0.3 is 0 Å². The molecule has 0 spiro atoms. The van der Waals surface area contributed by atoms with Crippen LogP contribution in [-0.2, 0) is 0 Å². The highest BCUT2D eigenvalue weighted by Crippen LogP contribution is 2.38. The van der Waals surface area contributed by atoms with Crippen molar-refractivity contribution in [1.82, 2.24) is 0 Å². The van der Waals surface area contributed by atoms with Crippen LogP contribution in [0.1, 0.15) is 265 Å². The van der Waals surface area contributed by atoms with Gasteiger partial charge in [-0.2, -0.15) is 0 Å². The zero-order chi connectivity index (χ0) is 67.4. The number of aliphatic hydroxyl groups is 8. The van der Waals surface area contributed by atoms with Gasteiger partial charge < -0.3 is 40.9 Å². The van der Waals surface area contributed by atoms with E-state index in [0.717, 1.165) is 147 Å². The Morgan fingerprint density at radius 2 is 0.261 bits per heavy atom. The van der Waals surface area contributed by atoms with Crippen LogP contribution in [0.4, 0.5) is 0 Å². The Hall–Kier alpha value is -2.40. The quantitative estimate of drug-likeness (QED) is 0.111. The maximum Gasteiger partial charge on any atom is 0.0607 e. The van der Waals surface area contributed by atoms with Gasteiger partial charge in [-0.15, -0.1) is 0 Å². The SMILES string of the molecule is C=C(C)[C@@H]1CC[C@@H](C)C[C@@H]1O.C=C(C)[C@@H]1CC[C@@H](C)C[C@H]1O.C=C(C)[C@@H]1CC[C@H](C)C[C@@H]1O.C=C(C)[C@@H]1CC[C@H](C)C[C@H]1O.C=C(C)[C@H]1CC[C@@H](C)C[C@@H]1O.C=C(C)[C@H]1CC[C@@H](C)C[C@H]1O.C=C(C)[C@H]1CC[C@H](C)C[C@@H]1O.C=C(C)[C@H]1CC[C@H](C)C[C@H]1O. The van der Waals surface area contributed by atoms with Crippen molar-refractivity contribution in [2.24, 2.45) is 94.7 Å². The largest absolute Gasteiger partial charge is 0.392 e. The topological polar surface area (TPSA) is 162 Å². The van der Waals surface area contributed by atoms with E-state index in [1.807, 2.05) is 55.4 Å². The second-order valence-electron chi connectivity index (χ2n) is 31.5. The monoisotopic (exact) mass is 1230 g/mol. The summed E-state index contributed by atoms with van der Waals surface area (Å²) in [4.78, 5) is 0. The Morgan fingerprint density at radius 3 is 0.318 bits per heavy atom. The molecule has 0 unspecified atom stereocenters. The van der Waals surface area contributed by atoms with Crippen molar-refractivity contribution < 1.29 is 40.9 Å². The van der Waals surface area contributed by atoms with Crippen LogP contribution in [-0.4, -0.2) is 89.7 Å². The van der Waals surface area contributed by atoms with Gasteiger partial charge in [0.25, 0.3) is 0 Å². The van der Waals surface area contributed by atoms with E-state index >= 15 is 0 Å². The Morgan fingerprint density at radius 1 is 0.182 bits per heavy atom. The van der Waals surface area contributed by atoms with Gasteiger partial charge in [-0.3, -0.25) is 0 Å². The molecule has 8 aliphatic rings. The minimum Gasteiger partial charge on any atom is -0.392 e. The van der Waals surface area contributed by atoms with Crippen molar-refractivity contribution >= 4 is 0 Å². The lowest BCUT2D eigenvalue weighted by molar-refractivity contribution is 0.0653. The molecule has 24 atom stereocenters. The molecule has 8 heteroatoms. The summed E-state index contributed by atoms with van der Waals surface area (Å²) in [7, 11) is 0. The van der Waals surface area contributed by atoms with Gasteiger partial charge in [-0.25, -0.2) is 0 Å². The summed E-state index contributed by atoms with van der Waals surface area (Å²) in [6.07, 6.45) is 25.6. The molecule has 0 bridgehead atoms. The van der Waals surface area contributed by atoms with Crippen LogP contribution in [0.2, 0.25) is 0 Å². The Labute approximate surface area is 543 Å². The molecule has 0 radical (unpaired) electrons. The third-order valence-corrected chi connectivity index (χ3v) is 21.7. The molecule has 512 valence electrons. The van der Waals surface area contributed by atoms with Crippen LogP contribution < -0.4 is 0 Å². The van der Waals surface area contributed by atoms with Crippen molar-refractivity contribution in [3.63, 3.8) is 0 Å². The highest BCUT2D eigenvalue weighted by Gasteiger charge is 2.33. The lowest BCUT2D eigenvalue weighted by Crippen LogP contribution is -2.28. The molecule has 0 aromatic heterocycles. The van der Waals surface area contributed by atoms with Crippen LogP contribution in [0, 0.1) is 94.7 Å². The minimum absolute atomic E-state index is 0.128. The number of hydrogen-bond donors (Lipinski definition) is 8. The summed E-state index contributed by atoms with van der Waals surface area (Å²) < 4.78 is 0. The predicted octanol–water partition coefficient (Wildman–Crippen LogP) is 18.9. The summed E-state index contributed by atoms with van der Waals surface area (Å²) in [6, 6.07) is 0. The fraction of sp³-hybridized carbons (Fsp3) is 0.800. The first kappa shape index (κ1) is 83.6. The van der Waals surface area contributed by atoms with Crippen LogP contribution >= 0.6 is 0 Å². The highest BCUT2D eigenvalue weighted by molar-refractivity contribution is 5.07. The van der Waals surface area contributed by atoms with Crippen molar-refractivity contribution in [2.45, 2.75) is 314 Å². The van der Waals surface area contributed by atoms with E-state index in [2.05, 4.69) is 108 Å². The molecule has 8 aliphatic carbocycles. The average molecular weight is 1230 g/mol. The smallest absolute Gasteiger partial charge is 0.0607 e. The molecule has 8 N–H and O–H groups in total. The summed E-state index contributed by atoms with van der Waals surface area (Å²) >= 11 is 0. The first-order valence-electron chi connectivity index (χ1n) is 35.6. The van der Waals surface area contributed by atoms with Crippen molar-refractivity contribution in [1.29, 1.82) is 0 Å². The molecular formula is C80H144O8. The van der Waals surface area contributed by atoms with Gasteiger partial charge in [0, 0.05) is 47.3 Å². The van der Waals surface area contributed by atoms with E-state index in [1.165, 1.54) is 51.4 Å². The summed E-state index contributed by atoms with van der Waals surface area (Å²) in [5.74, 6) is 8.49. The van der Waals surface area contributed by atoms with E-state index < -0.39 is 0 Å². The average Bonchev–Trinajstić information content (AvgIpc) is 3.51. The first-order valence-corrected chi connectivity index (χ1v) is 35.6. The van der Waals surface area contributed by atoms with E-state index in [-0.39, 0.29) is 48.8 Å². The lowest BCUT2D eigenvalue weighted by Gasteiger charge is -2.31. The molecular weight excluding hydrogens is 1090 g/mol. The molecule has 0 aliphatic heterocycles. The highest BCUT2D eigenvalue weighted by atomic mass is 16.3. The summed E-state index contributed by atoms with van der Waals surface area (Å²) in [6.45, 7) is 64.9. The van der Waals surface area contributed by atoms with E-state index in [0.29, 0.717) is 94.7 Å². The molecule has 8 fully saturated rings. The second kappa shape index (κ2) is 42.8. The van der Waals surface area contributed by atoms with Crippen LogP contribution in [0.3, 0.4) is 0 Å². The van der Waals surface area contributed by atoms with Crippen LogP contribution in [0.5, 0.6) is 0 Å². The fourth-order valence-corrected chi connectivity index (χ4v) is 15.4. The number of aliphatic hydroxyl groups excluding tert-OH is 8. The molecule has 8 nitrogen and oxygen atoms in total. The van der Waals surface area contributed by atoms with Crippen LogP contribution in [0.25, 0.3) is 0 Å². The fourth-order valence-electron chi connectivity index (χ4n) is 15.4. The van der Waals surface area contributed by atoms with Gasteiger partial charge in [0.05, 0.1) is 48.8 Å². The predicted molar refractivity (Wildman–Crippen MR) is 379 cm³/mol. The first-order chi connectivity index (χ1) is 40.9. The number of hydrogen-bond acceptors (Lipinski definition) is 8. The molecule has 0 saturated heterocycles. The van der Waals surface area contributed by atoms with Gasteiger partial charge in [0.1, 0.15) is 0 Å². The molecule has 0 aromatic rings. The maximum atomic E-state index is 9.65. The molecule has 88 heavy (non-hydrogen) atoms. The van der Waals surface area contributed by atoms with E-state index in [4.69, 9.17) is 0 Å². The Kier molecular flexibility index (Phi) is 40.6. The van der Waals surface area contributed by atoms with Crippen LogP contribution in [0.15, 0.2) is 97.2 Å².